The maximum atomic E-state index is 10.4. The van der Waals surface area contributed by atoms with Crippen LogP contribution in [0, 0.1) is 30.1 Å². The minimum absolute atomic E-state index is 0.113. The second-order valence-corrected chi connectivity index (χ2v) is 7.16. The van der Waals surface area contributed by atoms with Gasteiger partial charge in [-0.1, -0.05) is 38.5 Å². The van der Waals surface area contributed by atoms with Crippen LogP contribution in [0.3, 0.4) is 0 Å². The van der Waals surface area contributed by atoms with E-state index in [0.29, 0.717) is 5.92 Å². The Kier molecular flexibility index (Phi) is 7.23. The fourth-order valence-electron chi connectivity index (χ4n) is 4.08. The number of aliphatic hydroxyl groups is 1. The highest BCUT2D eigenvalue weighted by atomic mass is 16.4. The molecule has 22 heavy (non-hydrogen) atoms. The third kappa shape index (κ3) is 5.28. The second-order valence-electron chi connectivity index (χ2n) is 7.16. The van der Waals surface area contributed by atoms with Gasteiger partial charge in [0.25, 0.3) is 0 Å². The van der Waals surface area contributed by atoms with Crippen LogP contribution in [0.2, 0.25) is 0 Å². The average molecular weight is 307 g/mol. The van der Waals surface area contributed by atoms with Crippen LogP contribution in [-0.2, 0) is 0 Å². The zero-order valence-corrected chi connectivity index (χ0v) is 13.5. The normalized spacial score (nSPS) is 29.5. The molecule has 0 heterocycles. The van der Waals surface area contributed by atoms with Crippen molar-refractivity contribution in [3.05, 3.63) is 0 Å². The topological polar surface area (TPSA) is 72.7 Å². The van der Waals surface area contributed by atoms with Crippen LogP contribution in [0.25, 0.3) is 0 Å². The smallest absolute Gasteiger partial charge is 0.426 e. The van der Waals surface area contributed by atoms with Gasteiger partial charge in [-0.05, 0) is 37.5 Å². The van der Waals surface area contributed by atoms with Crippen LogP contribution < -0.4 is 5.32 Å². The number of hydrogen-bond acceptors (Lipinski definition) is 4. The summed E-state index contributed by atoms with van der Waals surface area (Å²) in [5.74, 6) is 3.23. The van der Waals surface area contributed by atoms with Crippen LogP contribution in [-0.4, -0.2) is 34.4 Å². The Morgan fingerprint density at radius 2 is 1.82 bits per heavy atom. The van der Waals surface area contributed by atoms with Crippen LogP contribution in [0.1, 0.15) is 64.2 Å². The maximum absolute atomic E-state index is 10.4. The molecule has 0 radical (unpaired) electrons. The quantitative estimate of drug-likeness (QED) is 0.342. The zero-order valence-electron chi connectivity index (χ0n) is 13.5. The fraction of sp³-hybridized carbons (Fsp3) is 0.882. The van der Waals surface area contributed by atoms with Crippen LogP contribution in [0.15, 0.2) is 0 Å². The lowest BCUT2D eigenvalue weighted by atomic mass is 9.71. The second kappa shape index (κ2) is 8.93. The van der Waals surface area contributed by atoms with Crippen molar-refractivity contribution < 1.29 is 15.2 Å². The Balaban J connectivity index is 1.85. The molecular weight excluding hydrogens is 277 g/mol. The van der Waals surface area contributed by atoms with E-state index >= 15 is 0 Å². The molecule has 4 N–H and O–H groups in total. The molecule has 0 aliphatic heterocycles. The van der Waals surface area contributed by atoms with Gasteiger partial charge in [-0.15, -0.1) is 12.3 Å². The molecule has 0 spiro atoms. The van der Waals surface area contributed by atoms with E-state index in [-0.39, 0.29) is 11.8 Å². The molecule has 0 aromatic heterocycles. The largest absolute Gasteiger partial charge is 0.469 e. The number of aliphatic hydroxyl groups excluding tert-OH is 1. The van der Waals surface area contributed by atoms with E-state index in [0.717, 1.165) is 44.9 Å². The molecule has 0 saturated heterocycles. The van der Waals surface area contributed by atoms with Crippen LogP contribution in [0.4, 0.5) is 0 Å². The predicted molar refractivity (Wildman–Crippen MR) is 88.6 cm³/mol. The predicted octanol–water partition coefficient (Wildman–Crippen LogP) is 1.68. The summed E-state index contributed by atoms with van der Waals surface area (Å²) in [4.78, 5) is 0. The Bertz CT molecular complexity index is 365. The molecule has 2 aliphatic rings. The average Bonchev–Trinajstić information content (AvgIpc) is 2.55. The molecule has 0 amide bonds. The first kappa shape index (κ1) is 17.8. The van der Waals surface area contributed by atoms with Gasteiger partial charge in [0.1, 0.15) is 6.23 Å². The molecule has 124 valence electrons. The van der Waals surface area contributed by atoms with Gasteiger partial charge in [0, 0.05) is 11.9 Å². The lowest BCUT2D eigenvalue weighted by Crippen LogP contribution is -2.52. The third-order valence-corrected chi connectivity index (χ3v) is 5.45. The summed E-state index contributed by atoms with van der Waals surface area (Å²) in [6.07, 6.45) is 15.4. The van der Waals surface area contributed by atoms with E-state index in [4.69, 9.17) is 6.42 Å². The van der Waals surface area contributed by atoms with Crippen LogP contribution in [0.5, 0.6) is 0 Å². The Morgan fingerprint density at radius 3 is 2.45 bits per heavy atom. The summed E-state index contributed by atoms with van der Waals surface area (Å²) >= 11 is 0. The first-order chi connectivity index (χ1) is 10.6. The van der Waals surface area contributed by atoms with E-state index in [1.807, 2.05) is 0 Å². The molecule has 0 aromatic rings. The number of nitrogens with one attached hydrogen (secondary N) is 1. The van der Waals surface area contributed by atoms with Gasteiger partial charge in [0.2, 0.25) is 0 Å². The van der Waals surface area contributed by atoms with E-state index in [9.17, 15) is 15.2 Å². The van der Waals surface area contributed by atoms with Crippen molar-refractivity contribution in [2.75, 3.05) is 0 Å². The van der Waals surface area contributed by atoms with Crippen molar-refractivity contribution >= 4 is 7.12 Å². The molecule has 5 heteroatoms. The third-order valence-electron chi connectivity index (χ3n) is 5.45. The van der Waals surface area contributed by atoms with Gasteiger partial charge in [0.05, 0.1) is 0 Å². The van der Waals surface area contributed by atoms with Gasteiger partial charge in [-0.25, -0.2) is 0 Å². The maximum Gasteiger partial charge on any atom is 0.469 e. The summed E-state index contributed by atoms with van der Waals surface area (Å²) in [5.41, 5.74) is 0. The van der Waals surface area contributed by atoms with Gasteiger partial charge in [-0.2, -0.15) is 0 Å². The summed E-state index contributed by atoms with van der Waals surface area (Å²) in [6, 6.07) is 0. The lowest BCUT2D eigenvalue weighted by Gasteiger charge is -2.34. The highest BCUT2D eigenvalue weighted by Crippen LogP contribution is 2.31. The van der Waals surface area contributed by atoms with Gasteiger partial charge < -0.3 is 15.2 Å². The van der Waals surface area contributed by atoms with Crippen molar-refractivity contribution in [2.45, 2.75) is 76.4 Å². The monoisotopic (exact) mass is 307 g/mol. The van der Waals surface area contributed by atoms with E-state index < -0.39 is 19.3 Å². The van der Waals surface area contributed by atoms with Crippen LogP contribution >= 0.6 is 0 Å². The van der Waals surface area contributed by atoms with E-state index in [1.54, 1.807) is 0 Å². The Labute approximate surface area is 134 Å². The molecule has 1 unspecified atom stereocenters. The van der Waals surface area contributed by atoms with Crippen molar-refractivity contribution in [2.24, 2.45) is 17.8 Å². The Morgan fingerprint density at radius 1 is 1.09 bits per heavy atom. The minimum Gasteiger partial charge on any atom is -0.426 e. The fourth-order valence-corrected chi connectivity index (χ4v) is 4.08. The Hall–Kier alpha value is -0.535. The number of terminal acetylenes is 1. The number of rotatable bonds is 6. The van der Waals surface area contributed by atoms with Crippen molar-refractivity contribution in [3.63, 3.8) is 0 Å². The zero-order chi connectivity index (χ0) is 15.9. The van der Waals surface area contributed by atoms with E-state index in [1.165, 1.54) is 19.3 Å². The van der Waals surface area contributed by atoms with Crippen molar-refractivity contribution in [3.8, 4) is 12.3 Å². The highest BCUT2D eigenvalue weighted by molar-refractivity contribution is 6.43. The summed E-state index contributed by atoms with van der Waals surface area (Å²) in [7, 11) is -1.43. The van der Waals surface area contributed by atoms with Gasteiger partial charge in [-0.3, -0.25) is 5.32 Å². The highest BCUT2D eigenvalue weighted by Gasteiger charge is 2.33. The van der Waals surface area contributed by atoms with Gasteiger partial charge >= 0.3 is 7.12 Å². The molecule has 4 nitrogen and oxygen atoms in total. The standard InChI is InChI=1S/C17H30BNO3/c1-2-13-9-6-10-15(11-13)17(20)19-16(18(21)22)12-14-7-4-3-5-8-14/h1,13-17,19-22H,3-12H2/t13-,15+,16+,17?/m1/s1. The molecular formula is C17H30BNO3. The molecule has 4 atom stereocenters. The lowest BCUT2D eigenvalue weighted by molar-refractivity contribution is 0.0394. The van der Waals surface area contributed by atoms with Gasteiger partial charge in [0.15, 0.2) is 0 Å². The minimum atomic E-state index is -1.43. The molecule has 2 fully saturated rings. The van der Waals surface area contributed by atoms with Crippen molar-refractivity contribution in [1.82, 2.24) is 5.32 Å². The first-order valence-corrected chi connectivity index (χ1v) is 8.86. The molecule has 2 aliphatic carbocycles. The summed E-state index contributed by atoms with van der Waals surface area (Å²) in [5, 5.41) is 32.8. The molecule has 0 aromatic carbocycles. The molecule has 0 bridgehead atoms. The summed E-state index contributed by atoms with van der Waals surface area (Å²) in [6.45, 7) is 0. The first-order valence-electron chi connectivity index (χ1n) is 8.86. The SMILES string of the molecule is C#C[C@@H]1CCC[C@H](C(O)N[C@@H](CC2CCCCC2)B(O)O)C1. The summed E-state index contributed by atoms with van der Waals surface area (Å²) < 4.78 is 0. The van der Waals surface area contributed by atoms with Crippen molar-refractivity contribution in [1.29, 1.82) is 0 Å². The molecule has 2 saturated carbocycles. The molecule has 2 rings (SSSR count). The number of hydrogen-bond donors (Lipinski definition) is 4. The van der Waals surface area contributed by atoms with E-state index in [2.05, 4.69) is 11.2 Å².